The number of carbonyl (C=O) groups is 2. The van der Waals surface area contributed by atoms with Gasteiger partial charge in [-0.05, 0) is 25.7 Å². The van der Waals surface area contributed by atoms with E-state index in [1.54, 1.807) is 6.92 Å². The average Bonchev–Trinajstić information content (AvgIpc) is 2.85. The maximum Gasteiger partial charge on any atom is 0.307 e. The molecule has 1 aromatic rings. The Hall–Kier alpha value is -1.50. The summed E-state index contributed by atoms with van der Waals surface area (Å²) < 4.78 is 3.96. The Bertz CT molecular complexity index is 474. The van der Waals surface area contributed by atoms with Gasteiger partial charge in [0, 0.05) is 11.5 Å². The zero-order chi connectivity index (χ0) is 13.3. The van der Waals surface area contributed by atoms with Gasteiger partial charge in [-0.2, -0.15) is 4.37 Å². The molecular weight excluding hydrogens is 254 g/mol. The van der Waals surface area contributed by atoms with Crippen LogP contribution in [0.3, 0.4) is 0 Å². The van der Waals surface area contributed by atoms with E-state index >= 15 is 0 Å². The molecule has 1 fully saturated rings. The third-order valence-corrected chi connectivity index (χ3v) is 3.93. The molecule has 3 atom stereocenters. The summed E-state index contributed by atoms with van der Waals surface area (Å²) in [6.45, 7) is 3.71. The topological polar surface area (TPSA) is 92.2 Å². The Morgan fingerprint density at radius 3 is 2.61 bits per heavy atom. The highest BCUT2D eigenvalue weighted by Crippen LogP contribution is 2.37. The number of amides is 1. The molecule has 0 radical (unpaired) electrons. The van der Waals surface area contributed by atoms with E-state index in [2.05, 4.69) is 14.7 Å². The van der Waals surface area contributed by atoms with Crippen molar-refractivity contribution in [3.05, 3.63) is 5.82 Å². The lowest BCUT2D eigenvalue weighted by molar-refractivity contribution is -0.145. The molecule has 98 valence electrons. The first-order chi connectivity index (χ1) is 8.47. The summed E-state index contributed by atoms with van der Waals surface area (Å²) in [6.07, 6.45) is 1.17. The maximum atomic E-state index is 12.0. The number of aliphatic carboxylic acids is 1. The van der Waals surface area contributed by atoms with Crippen molar-refractivity contribution in [3.63, 3.8) is 0 Å². The summed E-state index contributed by atoms with van der Waals surface area (Å²) in [5, 5.41) is 12.2. The Balaban J connectivity index is 2.06. The molecule has 2 rings (SSSR count). The fourth-order valence-corrected chi connectivity index (χ4v) is 2.98. The maximum absolute atomic E-state index is 12.0. The molecule has 0 bridgehead atoms. The van der Waals surface area contributed by atoms with Gasteiger partial charge in [-0.15, -0.1) is 0 Å². The van der Waals surface area contributed by atoms with Crippen LogP contribution in [-0.4, -0.2) is 26.3 Å². The van der Waals surface area contributed by atoms with E-state index in [0.29, 0.717) is 23.8 Å². The highest BCUT2D eigenvalue weighted by molar-refractivity contribution is 7.09. The van der Waals surface area contributed by atoms with Gasteiger partial charge >= 0.3 is 5.97 Å². The molecule has 2 N–H and O–H groups in total. The molecule has 18 heavy (non-hydrogen) atoms. The third kappa shape index (κ3) is 2.66. The summed E-state index contributed by atoms with van der Waals surface area (Å²) in [5.41, 5.74) is 0. The van der Waals surface area contributed by atoms with Gasteiger partial charge in [0.1, 0.15) is 5.82 Å². The van der Waals surface area contributed by atoms with E-state index < -0.39 is 17.8 Å². The van der Waals surface area contributed by atoms with Crippen molar-refractivity contribution in [1.82, 2.24) is 9.36 Å². The minimum Gasteiger partial charge on any atom is -0.481 e. The van der Waals surface area contributed by atoms with Crippen LogP contribution in [0, 0.1) is 24.7 Å². The van der Waals surface area contributed by atoms with Gasteiger partial charge in [0.05, 0.1) is 11.8 Å². The van der Waals surface area contributed by atoms with Crippen LogP contribution in [0.15, 0.2) is 0 Å². The van der Waals surface area contributed by atoms with Gasteiger partial charge in [-0.1, -0.05) is 6.92 Å². The number of aromatic nitrogens is 2. The van der Waals surface area contributed by atoms with Crippen molar-refractivity contribution in [2.24, 2.45) is 17.8 Å². The highest BCUT2D eigenvalue weighted by Gasteiger charge is 2.41. The van der Waals surface area contributed by atoms with E-state index in [1.807, 2.05) is 6.92 Å². The lowest BCUT2D eigenvalue weighted by atomic mass is 9.95. The number of rotatable bonds is 3. The van der Waals surface area contributed by atoms with Crippen molar-refractivity contribution in [2.75, 3.05) is 5.32 Å². The Kier molecular flexibility index (Phi) is 3.60. The van der Waals surface area contributed by atoms with Gasteiger partial charge in [0.15, 0.2) is 0 Å². The van der Waals surface area contributed by atoms with E-state index in [0.717, 1.165) is 11.5 Å². The molecule has 6 nitrogen and oxygen atoms in total. The quantitative estimate of drug-likeness (QED) is 0.868. The van der Waals surface area contributed by atoms with Crippen LogP contribution in [0.4, 0.5) is 5.13 Å². The Labute approximate surface area is 109 Å². The number of nitrogens with zero attached hydrogens (tertiary/aromatic N) is 2. The molecule has 1 aliphatic rings. The van der Waals surface area contributed by atoms with Crippen LogP contribution in [-0.2, 0) is 9.59 Å². The van der Waals surface area contributed by atoms with E-state index in [9.17, 15) is 9.59 Å². The number of carboxylic acids is 1. The predicted molar refractivity (Wildman–Crippen MR) is 66.3 cm³/mol. The number of aryl methyl sites for hydroxylation is 1. The van der Waals surface area contributed by atoms with E-state index in [1.165, 1.54) is 0 Å². The fourth-order valence-electron chi connectivity index (χ4n) is 2.40. The largest absolute Gasteiger partial charge is 0.481 e. The van der Waals surface area contributed by atoms with Crippen LogP contribution in [0.1, 0.15) is 25.6 Å². The number of carbonyl (C=O) groups excluding carboxylic acids is 1. The smallest absolute Gasteiger partial charge is 0.307 e. The molecule has 0 aliphatic heterocycles. The minimum atomic E-state index is -0.895. The van der Waals surface area contributed by atoms with Crippen LogP contribution in [0.25, 0.3) is 0 Å². The first-order valence-electron chi connectivity index (χ1n) is 5.81. The molecule has 1 aliphatic carbocycles. The molecule has 7 heteroatoms. The Morgan fingerprint density at radius 2 is 2.06 bits per heavy atom. The lowest BCUT2D eigenvalue weighted by Crippen LogP contribution is -2.29. The number of nitrogens with one attached hydrogen (secondary N) is 1. The molecule has 0 spiro atoms. The number of carboxylic acid groups (broad SMARTS) is 1. The van der Waals surface area contributed by atoms with Gasteiger partial charge in [-0.3, -0.25) is 9.59 Å². The summed E-state index contributed by atoms with van der Waals surface area (Å²) in [6, 6.07) is 0. The zero-order valence-electron chi connectivity index (χ0n) is 10.2. The molecule has 0 aromatic carbocycles. The summed E-state index contributed by atoms with van der Waals surface area (Å²) in [5.74, 6) is -1.35. The lowest BCUT2D eigenvalue weighted by Gasteiger charge is -2.13. The SMILES string of the molecule is Cc1nsc(NC(=O)C2CC(C)CC2C(=O)O)n1. The van der Waals surface area contributed by atoms with Gasteiger partial charge < -0.3 is 10.4 Å². The first-order valence-corrected chi connectivity index (χ1v) is 6.58. The van der Waals surface area contributed by atoms with Gasteiger partial charge in [-0.25, -0.2) is 4.98 Å². The van der Waals surface area contributed by atoms with Crippen molar-refractivity contribution < 1.29 is 14.7 Å². The van der Waals surface area contributed by atoms with Crippen molar-refractivity contribution in [1.29, 1.82) is 0 Å². The Morgan fingerprint density at radius 1 is 1.39 bits per heavy atom. The fraction of sp³-hybridized carbons (Fsp3) is 0.636. The van der Waals surface area contributed by atoms with E-state index in [-0.39, 0.29) is 11.8 Å². The number of anilines is 1. The molecule has 1 heterocycles. The zero-order valence-corrected chi connectivity index (χ0v) is 11.0. The first kappa shape index (κ1) is 12.9. The van der Waals surface area contributed by atoms with Crippen LogP contribution < -0.4 is 5.32 Å². The average molecular weight is 269 g/mol. The number of hydrogen-bond acceptors (Lipinski definition) is 5. The minimum absolute atomic E-state index is 0.261. The second-order valence-electron chi connectivity index (χ2n) is 4.76. The standard InChI is InChI=1S/C11H15N3O3S/c1-5-3-7(8(4-5)10(16)17)9(15)13-11-12-6(2)14-18-11/h5,7-8H,3-4H2,1-2H3,(H,16,17)(H,12,13,14,15). The van der Waals surface area contributed by atoms with Crippen molar-refractivity contribution in [2.45, 2.75) is 26.7 Å². The van der Waals surface area contributed by atoms with Crippen molar-refractivity contribution >= 4 is 28.5 Å². The van der Waals surface area contributed by atoms with E-state index in [4.69, 9.17) is 5.11 Å². The monoisotopic (exact) mass is 269 g/mol. The van der Waals surface area contributed by atoms with Gasteiger partial charge in [0.25, 0.3) is 0 Å². The molecule has 1 saturated carbocycles. The van der Waals surface area contributed by atoms with Gasteiger partial charge in [0.2, 0.25) is 11.0 Å². The van der Waals surface area contributed by atoms with Crippen molar-refractivity contribution in [3.8, 4) is 0 Å². The second-order valence-corrected chi connectivity index (χ2v) is 5.52. The van der Waals surface area contributed by atoms with Crippen LogP contribution in [0.2, 0.25) is 0 Å². The summed E-state index contributed by atoms with van der Waals surface area (Å²) >= 11 is 1.11. The third-order valence-electron chi connectivity index (χ3n) is 3.21. The summed E-state index contributed by atoms with van der Waals surface area (Å²) in [4.78, 5) is 27.2. The summed E-state index contributed by atoms with van der Waals surface area (Å²) in [7, 11) is 0. The van der Waals surface area contributed by atoms with Crippen LogP contribution >= 0.6 is 11.5 Å². The van der Waals surface area contributed by atoms with Crippen LogP contribution in [0.5, 0.6) is 0 Å². The molecule has 1 amide bonds. The number of hydrogen-bond donors (Lipinski definition) is 2. The predicted octanol–water partition coefficient (Wildman–Crippen LogP) is 1.53. The molecule has 0 saturated heterocycles. The molecular formula is C11H15N3O3S. The second kappa shape index (κ2) is 5.01. The highest BCUT2D eigenvalue weighted by atomic mass is 32.1. The molecule has 3 unspecified atom stereocenters. The molecule has 1 aromatic heterocycles. The normalized spacial score (nSPS) is 27.1.